The molecule has 2 aromatic heterocycles. The van der Waals surface area contributed by atoms with Gasteiger partial charge in [-0.25, -0.2) is 4.98 Å². The molecule has 2 aromatic rings. The molecule has 1 N–H and O–H groups in total. The normalized spacial score (nSPS) is 12.8. The molecule has 0 aliphatic carbocycles. The minimum absolute atomic E-state index is 0.0972. The fourth-order valence-corrected chi connectivity index (χ4v) is 3.45. The number of aromatic nitrogens is 3. The maximum Gasteiger partial charge on any atom is 0.0897 e. The van der Waals surface area contributed by atoms with E-state index in [1.807, 2.05) is 24.0 Å². The summed E-state index contributed by atoms with van der Waals surface area (Å²) in [5.74, 6) is 0. The third-order valence-electron chi connectivity index (χ3n) is 2.95. The summed E-state index contributed by atoms with van der Waals surface area (Å²) in [5, 5.41) is 9.01. The van der Waals surface area contributed by atoms with Crippen molar-refractivity contribution in [2.75, 3.05) is 20.3 Å². The Morgan fingerprint density at radius 1 is 1.50 bits per heavy atom. The van der Waals surface area contributed by atoms with Crippen molar-refractivity contribution in [3.05, 3.63) is 32.4 Å². The largest absolute Gasteiger partial charge is 0.383 e. The molecule has 5 nitrogen and oxygen atoms in total. The Bertz CT molecular complexity index is 554. The molecule has 2 heterocycles. The Balaban J connectivity index is 2.35. The molecule has 0 saturated carbocycles. The van der Waals surface area contributed by atoms with Crippen molar-refractivity contribution < 1.29 is 4.74 Å². The van der Waals surface area contributed by atoms with Gasteiger partial charge >= 0.3 is 0 Å². The smallest absolute Gasteiger partial charge is 0.0897 e. The van der Waals surface area contributed by atoms with E-state index in [0.717, 1.165) is 28.3 Å². The number of nitrogens with zero attached hydrogens (tertiary/aromatic N) is 3. The maximum atomic E-state index is 5.15. The van der Waals surface area contributed by atoms with E-state index >= 15 is 0 Å². The predicted molar refractivity (Wildman–Crippen MR) is 84.2 cm³/mol. The van der Waals surface area contributed by atoms with E-state index in [-0.39, 0.29) is 6.04 Å². The minimum atomic E-state index is 0.0972. The number of hydrogen-bond acceptors (Lipinski definition) is 5. The van der Waals surface area contributed by atoms with Crippen molar-refractivity contribution in [1.82, 2.24) is 20.1 Å². The van der Waals surface area contributed by atoms with Crippen LogP contribution in [-0.2, 0) is 11.3 Å². The topological polar surface area (TPSA) is 52.0 Å². The lowest BCUT2D eigenvalue weighted by Gasteiger charge is -2.18. The molecule has 0 aliphatic heterocycles. The average molecular weight is 359 g/mol. The van der Waals surface area contributed by atoms with Crippen LogP contribution in [0.4, 0.5) is 0 Å². The molecule has 0 aromatic carbocycles. The van der Waals surface area contributed by atoms with Crippen LogP contribution in [-0.4, -0.2) is 35.0 Å². The zero-order valence-corrected chi connectivity index (χ0v) is 14.3. The lowest BCUT2D eigenvalue weighted by atomic mass is 10.2. The van der Waals surface area contributed by atoms with E-state index in [1.54, 1.807) is 18.4 Å². The molecule has 1 unspecified atom stereocenters. The van der Waals surface area contributed by atoms with Gasteiger partial charge in [0.05, 0.1) is 40.6 Å². The first kappa shape index (κ1) is 15.6. The summed E-state index contributed by atoms with van der Waals surface area (Å²) in [6.07, 6.45) is 3.77. The average Bonchev–Trinajstić information content (AvgIpc) is 3.01. The Morgan fingerprint density at radius 2 is 2.30 bits per heavy atom. The van der Waals surface area contributed by atoms with Crippen LogP contribution in [0.15, 0.2) is 16.9 Å². The molecule has 2 rings (SSSR count). The number of methoxy groups -OCH3 is 1. The number of ether oxygens (including phenoxy) is 1. The summed E-state index contributed by atoms with van der Waals surface area (Å²) in [7, 11) is 1.70. The number of halogens is 1. The fourth-order valence-electron chi connectivity index (χ4n) is 2.06. The first-order valence-electron chi connectivity index (χ1n) is 6.53. The molecule has 20 heavy (non-hydrogen) atoms. The highest BCUT2D eigenvalue weighted by Crippen LogP contribution is 2.31. The second-order valence-electron chi connectivity index (χ2n) is 4.37. The lowest BCUT2D eigenvalue weighted by Crippen LogP contribution is -2.25. The monoisotopic (exact) mass is 358 g/mol. The number of thiazole rings is 1. The van der Waals surface area contributed by atoms with E-state index in [1.165, 1.54) is 4.88 Å². The highest BCUT2D eigenvalue weighted by molar-refractivity contribution is 9.10. The van der Waals surface area contributed by atoms with Gasteiger partial charge < -0.3 is 10.1 Å². The molecule has 0 fully saturated rings. The van der Waals surface area contributed by atoms with Gasteiger partial charge in [-0.1, -0.05) is 6.92 Å². The van der Waals surface area contributed by atoms with Crippen LogP contribution in [0, 0.1) is 6.92 Å². The number of rotatable bonds is 7. The Kier molecular flexibility index (Phi) is 5.71. The zero-order valence-electron chi connectivity index (χ0n) is 11.9. The van der Waals surface area contributed by atoms with Gasteiger partial charge in [-0.15, -0.1) is 11.3 Å². The van der Waals surface area contributed by atoms with Gasteiger partial charge in [-0.05, 0) is 29.4 Å². The van der Waals surface area contributed by atoms with Crippen molar-refractivity contribution in [2.45, 2.75) is 26.4 Å². The SMILES string of the molecule is CCNC(c1cnc(C)s1)c1c(Br)cnn1CCOC. The number of nitrogens with one attached hydrogen (secondary N) is 1. The zero-order chi connectivity index (χ0) is 14.5. The molecular weight excluding hydrogens is 340 g/mol. The Labute approximate surface area is 131 Å². The third-order valence-corrected chi connectivity index (χ3v) is 4.53. The van der Waals surface area contributed by atoms with E-state index in [2.05, 4.69) is 38.3 Å². The summed E-state index contributed by atoms with van der Waals surface area (Å²) < 4.78 is 8.14. The van der Waals surface area contributed by atoms with Crippen LogP contribution in [0.2, 0.25) is 0 Å². The summed E-state index contributed by atoms with van der Waals surface area (Å²) >= 11 is 5.31. The molecule has 0 amide bonds. The molecule has 0 radical (unpaired) electrons. The van der Waals surface area contributed by atoms with Crippen molar-refractivity contribution in [3.8, 4) is 0 Å². The highest BCUT2D eigenvalue weighted by atomic mass is 79.9. The van der Waals surface area contributed by atoms with Crippen molar-refractivity contribution >= 4 is 27.3 Å². The maximum absolute atomic E-state index is 5.15. The van der Waals surface area contributed by atoms with Crippen molar-refractivity contribution in [2.24, 2.45) is 0 Å². The van der Waals surface area contributed by atoms with Crippen LogP contribution in [0.1, 0.15) is 28.5 Å². The second kappa shape index (κ2) is 7.31. The van der Waals surface area contributed by atoms with Crippen LogP contribution < -0.4 is 5.32 Å². The first-order chi connectivity index (χ1) is 9.67. The van der Waals surface area contributed by atoms with E-state index in [0.29, 0.717) is 6.61 Å². The molecular formula is C13H19BrN4OS. The Morgan fingerprint density at radius 3 is 2.90 bits per heavy atom. The highest BCUT2D eigenvalue weighted by Gasteiger charge is 2.22. The van der Waals surface area contributed by atoms with Crippen molar-refractivity contribution in [3.63, 3.8) is 0 Å². The molecule has 1 atom stereocenters. The van der Waals surface area contributed by atoms with Crippen molar-refractivity contribution in [1.29, 1.82) is 0 Å². The van der Waals surface area contributed by atoms with Gasteiger partial charge in [0.15, 0.2) is 0 Å². The van der Waals surface area contributed by atoms with Crippen LogP contribution in [0.5, 0.6) is 0 Å². The quantitative estimate of drug-likeness (QED) is 0.826. The van der Waals surface area contributed by atoms with Gasteiger partial charge in [0, 0.05) is 18.2 Å². The van der Waals surface area contributed by atoms with Gasteiger partial charge in [0.1, 0.15) is 0 Å². The Hall–Kier alpha value is -0.760. The van der Waals surface area contributed by atoms with E-state index < -0.39 is 0 Å². The lowest BCUT2D eigenvalue weighted by molar-refractivity contribution is 0.182. The second-order valence-corrected chi connectivity index (χ2v) is 6.49. The number of hydrogen-bond donors (Lipinski definition) is 1. The standard InChI is InChI=1S/C13H19BrN4OS/c1-4-15-12(11-8-16-9(2)20-11)13-10(14)7-17-18(13)5-6-19-3/h7-8,12,15H,4-6H2,1-3H3. The predicted octanol–water partition coefficient (Wildman–Crippen LogP) is 2.76. The van der Waals surface area contributed by atoms with Gasteiger partial charge in [0.2, 0.25) is 0 Å². The molecule has 0 saturated heterocycles. The third kappa shape index (κ3) is 3.46. The molecule has 0 bridgehead atoms. The van der Waals surface area contributed by atoms with Gasteiger partial charge in [-0.2, -0.15) is 5.10 Å². The van der Waals surface area contributed by atoms with E-state index in [9.17, 15) is 0 Å². The molecule has 7 heteroatoms. The van der Waals surface area contributed by atoms with Crippen LogP contribution in [0.25, 0.3) is 0 Å². The summed E-state index contributed by atoms with van der Waals surface area (Å²) in [4.78, 5) is 5.56. The molecule has 0 spiro atoms. The first-order valence-corrected chi connectivity index (χ1v) is 8.14. The van der Waals surface area contributed by atoms with Gasteiger partial charge in [0.25, 0.3) is 0 Å². The number of aryl methyl sites for hydroxylation is 1. The molecule has 110 valence electrons. The van der Waals surface area contributed by atoms with Crippen LogP contribution >= 0.6 is 27.3 Å². The fraction of sp³-hybridized carbons (Fsp3) is 0.538. The molecule has 0 aliphatic rings. The summed E-state index contributed by atoms with van der Waals surface area (Å²) in [5.41, 5.74) is 1.12. The van der Waals surface area contributed by atoms with Crippen LogP contribution in [0.3, 0.4) is 0 Å². The minimum Gasteiger partial charge on any atom is -0.383 e. The van der Waals surface area contributed by atoms with E-state index in [4.69, 9.17) is 4.74 Å². The summed E-state index contributed by atoms with van der Waals surface area (Å²) in [6.45, 7) is 6.38. The summed E-state index contributed by atoms with van der Waals surface area (Å²) in [6, 6.07) is 0.0972. The van der Waals surface area contributed by atoms with Gasteiger partial charge in [-0.3, -0.25) is 4.68 Å².